The highest BCUT2D eigenvalue weighted by Gasteiger charge is 2.11. The molecular weight excluding hydrogens is 196 g/mol. The molecule has 76 valence electrons. The molecule has 0 saturated heterocycles. The fraction of sp³-hybridized carbons (Fsp3) is 0.100. The van der Waals surface area contributed by atoms with Crippen LogP contribution in [-0.2, 0) is 0 Å². The first kappa shape index (κ1) is 9.39. The zero-order chi connectivity index (χ0) is 11.0. The molecule has 0 spiro atoms. The molecule has 0 saturated carbocycles. The van der Waals surface area contributed by atoms with Gasteiger partial charge in [0.05, 0.1) is 5.39 Å². The highest BCUT2D eigenvalue weighted by molar-refractivity contribution is 5.91. The minimum absolute atomic E-state index is 0.270. The molecule has 5 nitrogen and oxygen atoms in total. The highest BCUT2D eigenvalue weighted by Crippen LogP contribution is 2.06. The lowest BCUT2D eigenvalue weighted by Gasteiger charge is -1.99. The van der Waals surface area contributed by atoms with Crippen molar-refractivity contribution in [3.05, 3.63) is 39.8 Å². The van der Waals surface area contributed by atoms with E-state index in [1.54, 1.807) is 19.1 Å². The first-order valence-electron chi connectivity index (χ1n) is 4.32. The maximum absolute atomic E-state index is 11.6. The van der Waals surface area contributed by atoms with E-state index in [1.807, 2.05) is 0 Å². The SMILES string of the molecule is Cc1ccc2c(=O)c(C(=O)O)c[nH]c2n1. The van der Waals surface area contributed by atoms with Crippen molar-refractivity contribution in [1.82, 2.24) is 9.97 Å². The molecule has 0 radical (unpaired) electrons. The second-order valence-corrected chi connectivity index (χ2v) is 3.19. The van der Waals surface area contributed by atoms with Gasteiger partial charge in [-0.15, -0.1) is 0 Å². The Hall–Kier alpha value is -2.17. The zero-order valence-electron chi connectivity index (χ0n) is 7.94. The number of aromatic nitrogens is 2. The molecular formula is C10H8N2O3. The number of carboxylic acid groups (broad SMARTS) is 1. The number of H-pyrrole nitrogens is 1. The predicted molar refractivity (Wildman–Crippen MR) is 54.1 cm³/mol. The molecule has 2 rings (SSSR count). The quantitative estimate of drug-likeness (QED) is 0.723. The van der Waals surface area contributed by atoms with Gasteiger partial charge in [0.15, 0.2) is 0 Å². The number of aryl methyl sites for hydroxylation is 1. The number of nitrogens with one attached hydrogen (secondary N) is 1. The van der Waals surface area contributed by atoms with E-state index < -0.39 is 11.4 Å². The van der Waals surface area contributed by atoms with E-state index in [4.69, 9.17) is 5.11 Å². The van der Waals surface area contributed by atoms with Crippen LogP contribution in [0.15, 0.2) is 23.1 Å². The predicted octanol–water partition coefficient (Wildman–Crippen LogP) is 0.930. The Balaban J connectivity index is 2.86. The van der Waals surface area contributed by atoms with Crippen LogP contribution in [0, 0.1) is 6.92 Å². The third kappa shape index (κ3) is 1.48. The van der Waals surface area contributed by atoms with Gasteiger partial charge in [0.1, 0.15) is 11.2 Å². The maximum atomic E-state index is 11.6. The second-order valence-electron chi connectivity index (χ2n) is 3.19. The Bertz CT molecular complexity index is 601. The summed E-state index contributed by atoms with van der Waals surface area (Å²) in [4.78, 5) is 29.1. The smallest absolute Gasteiger partial charge is 0.341 e. The second kappa shape index (κ2) is 3.20. The molecule has 0 atom stereocenters. The van der Waals surface area contributed by atoms with E-state index in [9.17, 15) is 9.59 Å². The first-order chi connectivity index (χ1) is 7.09. The molecule has 2 N–H and O–H groups in total. The Morgan fingerprint density at radius 3 is 2.87 bits per heavy atom. The van der Waals surface area contributed by atoms with Gasteiger partial charge in [-0.3, -0.25) is 4.79 Å². The number of hydrogen-bond donors (Lipinski definition) is 2. The summed E-state index contributed by atoms with van der Waals surface area (Å²) in [7, 11) is 0. The van der Waals surface area contributed by atoms with Crippen LogP contribution in [0.5, 0.6) is 0 Å². The standard InChI is InChI=1S/C10H8N2O3/c1-5-2-3-6-8(13)7(10(14)15)4-11-9(6)12-5/h2-4H,1H3,(H,14,15)(H,11,12,13). The molecule has 0 bridgehead atoms. The van der Waals surface area contributed by atoms with Crippen molar-refractivity contribution in [2.75, 3.05) is 0 Å². The van der Waals surface area contributed by atoms with Gasteiger partial charge in [-0.25, -0.2) is 9.78 Å². The normalized spacial score (nSPS) is 10.5. The van der Waals surface area contributed by atoms with Gasteiger partial charge in [-0.2, -0.15) is 0 Å². The number of aromatic amines is 1. The monoisotopic (exact) mass is 204 g/mol. The van der Waals surface area contributed by atoms with Gasteiger partial charge in [-0.05, 0) is 19.1 Å². The summed E-state index contributed by atoms with van der Waals surface area (Å²) in [6, 6.07) is 3.24. The molecule has 0 amide bonds. The van der Waals surface area contributed by atoms with E-state index in [0.29, 0.717) is 11.0 Å². The largest absolute Gasteiger partial charge is 0.477 e. The minimum Gasteiger partial charge on any atom is -0.477 e. The number of carbonyl (C=O) groups is 1. The molecule has 0 aliphatic heterocycles. The molecule has 0 aliphatic carbocycles. The third-order valence-electron chi connectivity index (χ3n) is 2.11. The lowest BCUT2D eigenvalue weighted by atomic mass is 10.2. The topological polar surface area (TPSA) is 83.0 Å². The number of aromatic carboxylic acids is 1. The molecule has 0 aromatic carbocycles. The maximum Gasteiger partial charge on any atom is 0.341 e. The van der Waals surface area contributed by atoms with Gasteiger partial charge in [0.25, 0.3) is 0 Å². The van der Waals surface area contributed by atoms with E-state index in [-0.39, 0.29) is 5.56 Å². The highest BCUT2D eigenvalue weighted by atomic mass is 16.4. The van der Waals surface area contributed by atoms with Gasteiger partial charge in [0.2, 0.25) is 5.43 Å². The van der Waals surface area contributed by atoms with Crippen LogP contribution in [0.3, 0.4) is 0 Å². The van der Waals surface area contributed by atoms with Crippen LogP contribution in [-0.4, -0.2) is 21.0 Å². The van der Waals surface area contributed by atoms with Crippen molar-refractivity contribution in [2.24, 2.45) is 0 Å². The summed E-state index contributed by atoms with van der Waals surface area (Å²) >= 11 is 0. The number of nitrogens with zero attached hydrogens (tertiary/aromatic N) is 1. The summed E-state index contributed by atoms with van der Waals surface area (Å²) in [5.41, 5.74) is 0.392. The van der Waals surface area contributed by atoms with Crippen molar-refractivity contribution in [1.29, 1.82) is 0 Å². The minimum atomic E-state index is -1.24. The van der Waals surface area contributed by atoms with Crippen LogP contribution in [0.1, 0.15) is 16.1 Å². The van der Waals surface area contributed by atoms with Crippen molar-refractivity contribution < 1.29 is 9.90 Å². The Morgan fingerprint density at radius 1 is 1.47 bits per heavy atom. The lowest BCUT2D eigenvalue weighted by Crippen LogP contribution is -2.15. The van der Waals surface area contributed by atoms with Crippen molar-refractivity contribution in [3.63, 3.8) is 0 Å². The summed E-state index contributed by atoms with van der Waals surface area (Å²) in [5.74, 6) is -1.24. The number of carboxylic acids is 1. The Morgan fingerprint density at radius 2 is 2.20 bits per heavy atom. The summed E-state index contributed by atoms with van der Waals surface area (Å²) in [6.45, 7) is 1.79. The Kier molecular flexibility index (Phi) is 2.00. The number of hydrogen-bond acceptors (Lipinski definition) is 3. The molecule has 2 aromatic rings. The van der Waals surface area contributed by atoms with E-state index in [2.05, 4.69) is 9.97 Å². The van der Waals surface area contributed by atoms with Crippen LogP contribution in [0.2, 0.25) is 0 Å². The number of fused-ring (bicyclic) bond motifs is 1. The van der Waals surface area contributed by atoms with Crippen molar-refractivity contribution in [2.45, 2.75) is 6.92 Å². The van der Waals surface area contributed by atoms with Crippen LogP contribution < -0.4 is 5.43 Å². The molecule has 15 heavy (non-hydrogen) atoms. The molecule has 0 unspecified atom stereocenters. The fourth-order valence-corrected chi connectivity index (χ4v) is 1.36. The average Bonchev–Trinajstić information content (AvgIpc) is 2.17. The van der Waals surface area contributed by atoms with E-state index in [1.165, 1.54) is 6.20 Å². The number of pyridine rings is 2. The molecule has 2 heterocycles. The third-order valence-corrected chi connectivity index (χ3v) is 2.11. The van der Waals surface area contributed by atoms with Crippen molar-refractivity contribution in [3.8, 4) is 0 Å². The van der Waals surface area contributed by atoms with Crippen LogP contribution in [0.4, 0.5) is 0 Å². The van der Waals surface area contributed by atoms with Gasteiger partial charge < -0.3 is 10.1 Å². The average molecular weight is 204 g/mol. The van der Waals surface area contributed by atoms with Gasteiger partial charge in [-0.1, -0.05) is 0 Å². The Labute approximate surface area is 84.4 Å². The molecule has 5 heteroatoms. The van der Waals surface area contributed by atoms with Gasteiger partial charge >= 0.3 is 5.97 Å². The van der Waals surface area contributed by atoms with Crippen LogP contribution >= 0.6 is 0 Å². The summed E-state index contributed by atoms with van der Waals surface area (Å²) < 4.78 is 0. The summed E-state index contributed by atoms with van der Waals surface area (Å²) in [6.07, 6.45) is 1.17. The summed E-state index contributed by atoms with van der Waals surface area (Å²) in [5, 5.41) is 9.03. The van der Waals surface area contributed by atoms with Gasteiger partial charge in [0, 0.05) is 11.9 Å². The van der Waals surface area contributed by atoms with E-state index in [0.717, 1.165) is 5.69 Å². The lowest BCUT2D eigenvalue weighted by molar-refractivity contribution is 0.0695. The zero-order valence-corrected chi connectivity index (χ0v) is 7.94. The fourth-order valence-electron chi connectivity index (χ4n) is 1.36. The van der Waals surface area contributed by atoms with E-state index >= 15 is 0 Å². The van der Waals surface area contributed by atoms with Crippen LogP contribution in [0.25, 0.3) is 11.0 Å². The van der Waals surface area contributed by atoms with Crippen molar-refractivity contribution >= 4 is 17.0 Å². The number of rotatable bonds is 1. The molecule has 0 fully saturated rings. The first-order valence-corrected chi connectivity index (χ1v) is 4.32. The molecule has 2 aromatic heterocycles. The molecule has 0 aliphatic rings.